The topological polar surface area (TPSA) is 40.6 Å². The van der Waals surface area contributed by atoms with Crippen LogP contribution in [0, 0.1) is 11.6 Å². The number of hydrogen-bond donors (Lipinski definition) is 0. The highest BCUT2D eigenvalue weighted by Crippen LogP contribution is 2.36. The molecule has 2 heterocycles. The van der Waals surface area contributed by atoms with Gasteiger partial charge in [-0.05, 0) is 43.9 Å². The molecular formula is C17H20F2N2O2. The highest BCUT2D eigenvalue weighted by molar-refractivity contribution is 5.94. The molecule has 1 unspecified atom stereocenters. The molecule has 0 aliphatic carbocycles. The first-order valence-electron chi connectivity index (χ1n) is 7.94. The third-order valence-corrected chi connectivity index (χ3v) is 5.13. The summed E-state index contributed by atoms with van der Waals surface area (Å²) in [5.74, 6) is -2.19. The SMILES string of the molecule is CN1C(=O)CCCC12CCCN(C(=O)c1ccc(F)c(F)c1)C2. The predicted molar refractivity (Wildman–Crippen MR) is 80.8 cm³/mol. The molecule has 1 aromatic rings. The van der Waals surface area contributed by atoms with Crippen LogP contribution in [-0.4, -0.2) is 47.3 Å². The second-order valence-electron chi connectivity index (χ2n) is 6.49. The third-order valence-electron chi connectivity index (χ3n) is 5.13. The number of likely N-dealkylation sites (N-methyl/N-ethyl adjacent to an activating group) is 1. The molecule has 1 aromatic carbocycles. The van der Waals surface area contributed by atoms with E-state index in [4.69, 9.17) is 0 Å². The lowest BCUT2D eigenvalue weighted by Crippen LogP contribution is -2.61. The van der Waals surface area contributed by atoms with E-state index in [1.54, 1.807) is 16.8 Å². The standard InChI is InChI=1S/C17H20F2N2O2/c1-20-15(22)4-2-7-17(20)8-3-9-21(11-17)16(23)12-5-6-13(18)14(19)10-12/h5-6,10H,2-4,7-9,11H2,1H3. The third kappa shape index (κ3) is 2.82. The molecule has 2 fully saturated rings. The molecule has 0 saturated carbocycles. The predicted octanol–water partition coefficient (Wildman–Crippen LogP) is 2.58. The van der Waals surface area contributed by atoms with Crippen molar-refractivity contribution in [1.29, 1.82) is 0 Å². The Hall–Kier alpha value is -1.98. The van der Waals surface area contributed by atoms with Crippen LogP contribution in [0.2, 0.25) is 0 Å². The van der Waals surface area contributed by atoms with Crippen molar-refractivity contribution in [3.63, 3.8) is 0 Å². The average Bonchev–Trinajstić information content (AvgIpc) is 2.55. The minimum Gasteiger partial charge on any atom is -0.338 e. The van der Waals surface area contributed by atoms with Crippen molar-refractivity contribution in [2.24, 2.45) is 0 Å². The number of nitrogens with zero attached hydrogens (tertiary/aromatic N) is 2. The van der Waals surface area contributed by atoms with Crippen molar-refractivity contribution in [2.45, 2.75) is 37.6 Å². The largest absolute Gasteiger partial charge is 0.338 e. The van der Waals surface area contributed by atoms with Gasteiger partial charge in [-0.3, -0.25) is 9.59 Å². The summed E-state index contributed by atoms with van der Waals surface area (Å²) < 4.78 is 26.4. The summed E-state index contributed by atoms with van der Waals surface area (Å²) in [4.78, 5) is 28.1. The van der Waals surface area contributed by atoms with E-state index >= 15 is 0 Å². The van der Waals surface area contributed by atoms with Gasteiger partial charge in [-0.25, -0.2) is 8.78 Å². The fourth-order valence-corrected chi connectivity index (χ4v) is 3.74. The first kappa shape index (κ1) is 15.9. The summed E-state index contributed by atoms with van der Waals surface area (Å²) in [6.07, 6.45) is 3.92. The number of piperidine rings is 2. The molecule has 0 bridgehead atoms. The Balaban J connectivity index is 1.81. The van der Waals surface area contributed by atoms with E-state index in [0.29, 0.717) is 19.5 Å². The molecule has 2 saturated heterocycles. The summed E-state index contributed by atoms with van der Waals surface area (Å²) in [6, 6.07) is 3.21. The number of hydrogen-bond acceptors (Lipinski definition) is 2. The number of carbonyl (C=O) groups excluding carboxylic acids is 2. The van der Waals surface area contributed by atoms with Crippen LogP contribution < -0.4 is 0 Å². The van der Waals surface area contributed by atoms with Gasteiger partial charge in [-0.1, -0.05) is 0 Å². The van der Waals surface area contributed by atoms with E-state index < -0.39 is 11.6 Å². The number of amides is 2. The molecule has 3 rings (SSSR count). The van der Waals surface area contributed by atoms with E-state index in [2.05, 4.69) is 0 Å². The molecule has 0 N–H and O–H groups in total. The number of likely N-dealkylation sites (tertiary alicyclic amines) is 2. The van der Waals surface area contributed by atoms with Gasteiger partial charge in [0, 0.05) is 32.1 Å². The fourth-order valence-electron chi connectivity index (χ4n) is 3.74. The van der Waals surface area contributed by atoms with Crippen LogP contribution in [0.5, 0.6) is 0 Å². The zero-order chi connectivity index (χ0) is 16.6. The van der Waals surface area contributed by atoms with Gasteiger partial charge in [0.2, 0.25) is 5.91 Å². The summed E-state index contributed by atoms with van der Waals surface area (Å²) in [5.41, 5.74) is -0.173. The summed E-state index contributed by atoms with van der Waals surface area (Å²) in [7, 11) is 1.80. The first-order valence-corrected chi connectivity index (χ1v) is 7.94. The van der Waals surface area contributed by atoms with Crippen LogP contribution in [0.3, 0.4) is 0 Å². The Morgan fingerprint density at radius 1 is 1.17 bits per heavy atom. The normalized spacial score (nSPS) is 25.1. The lowest BCUT2D eigenvalue weighted by molar-refractivity contribution is -0.142. The number of carbonyl (C=O) groups is 2. The number of benzene rings is 1. The molecule has 4 nitrogen and oxygen atoms in total. The van der Waals surface area contributed by atoms with E-state index in [1.807, 2.05) is 0 Å². The van der Waals surface area contributed by atoms with Crippen molar-refractivity contribution >= 4 is 11.8 Å². The van der Waals surface area contributed by atoms with Crippen LogP contribution in [0.1, 0.15) is 42.5 Å². The quantitative estimate of drug-likeness (QED) is 0.797. The monoisotopic (exact) mass is 322 g/mol. The molecule has 2 aliphatic heterocycles. The summed E-state index contributed by atoms with van der Waals surface area (Å²) in [6.45, 7) is 1.02. The Morgan fingerprint density at radius 2 is 1.91 bits per heavy atom. The van der Waals surface area contributed by atoms with Crippen LogP contribution >= 0.6 is 0 Å². The number of halogens is 2. The molecular weight excluding hydrogens is 302 g/mol. The van der Waals surface area contributed by atoms with Gasteiger partial charge < -0.3 is 9.80 Å². The van der Waals surface area contributed by atoms with Gasteiger partial charge >= 0.3 is 0 Å². The van der Waals surface area contributed by atoms with E-state index in [0.717, 1.165) is 37.8 Å². The molecule has 0 aromatic heterocycles. The molecule has 124 valence electrons. The van der Waals surface area contributed by atoms with E-state index in [9.17, 15) is 18.4 Å². The molecule has 1 atom stereocenters. The van der Waals surface area contributed by atoms with Crippen LogP contribution in [0.4, 0.5) is 8.78 Å². The van der Waals surface area contributed by atoms with Crippen molar-refractivity contribution in [3.8, 4) is 0 Å². The Bertz CT molecular complexity index is 645. The summed E-state index contributed by atoms with van der Waals surface area (Å²) >= 11 is 0. The lowest BCUT2D eigenvalue weighted by Gasteiger charge is -2.50. The smallest absolute Gasteiger partial charge is 0.254 e. The zero-order valence-corrected chi connectivity index (χ0v) is 13.1. The van der Waals surface area contributed by atoms with Crippen molar-refractivity contribution < 1.29 is 18.4 Å². The maximum Gasteiger partial charge on any atom is 0.254 e. The number of rotatable bonds is 1. The maximum atomic E-state index is 13.4. The molecule has 6 heteroatoms. The van der Waals surface area contributed by atoms with Crippen molar-refractivity contribution in [3.05, 3.63) is 35.4 Å². The first-order chi connectivity index (χ1) is 10.9. The highest BCUT2D eigenvalue weighted by atomic mass is 19.2. The highest BCUT2D eigenvalue weighted by Gasteiger charge is 2.44. The summed E-state index contributed by atoms with van der Waals surface area (Å²) in [5, 5.41) is 0. The van der Waals surface area contributed by atoms with Gasteiger partial charge in [0.15, 0.2) is 11.6 Å². The minimum absolute atomic E-state index is 0.110. The van der Waals surface area contributed by atoms with Crippen molar-refractivity contribution in [2.75, 3.05) is 20.1 Å². The lowest BCUT2D eigenvalue weighted by atomic mass is 9.80. The molecule has 2 amide bonds. The van der Waals surface area contributed by atoms with Gasteiger partial charge in [-0.15, -0.1) is 0 Å². The second-order valence-corrected chi connectivity index (χ2v) is 6.49. The van der Waals surface area contributed by atoms with Gasteiger partial charge in [0.05, 0.1) is 5.54 Å². The average molecular weight is 322 g/mol. The second kappa shape index (κ2) is 5.91. The van der Waals surface area contributed by atoms with Gasteiger partial charge in [0.25, 0.3) is 5.91 Å². The van der Waals surface area contributed by atoms with Crippen LogP contribution in [0.25, 0.3) is 0 Å². The Kier molecular flexibility index (Phi) is 4.08. The molecule has 23 heavy (non-hydrogen) atoms. The fraction of sp³-hybridized carbons (Fsp3) is 0.529. The van der Waals surface area contributed by atoms with Gasteiger partial charge in [-0.2, -0.15) is 0 Å². The van der Waals surface area contributed by atoms with Crippen molar-refractivity contribution in [1.82, 2.24) is 9.80 Å². The minimum atomic E-state index is -1.02. The Morgan fingerprint density at radius 3 is 2.65 bits per heavy atom. The maximum absolute atomic E-state index is 13.4. The molecule has 2 aliphatic rings. The van der Waals surface area contributed by atoms with E-state index in [1.165, 1.54) is 6.07 Å². The van der Waals surface area contributed by atoms with Crippen LogP contribution in [-0.2, 0) is 4.79 Å². The molecule has 0 radical (unpaired) electrons. The van der Waals surface area contributed by atoms with Gasteiger partial charge in [0.1, 0.15) is 0 Å². The Labute approximate surface area is 134 Å². The molecule has 1 spiro atoms. The van der Waals surface area contributed by atoms with Crippen LogP contribution in [0.15, 0.2) is 18.2 Å². The van der Waals surface area contributed by atoms with E-state index in [-0.39, 0.29) is 22.9 Å². The zero-order valence-electron chi connectivity index (χ0n) is 13.1.